The highest BCUT2D eigenvalue weighted by molar-refractivity contribution is 5.20. The van der Waals surface area contributed by atoms with Gasteiger partial charge in [-0.2, -0.15) is 0 Å². The molecule has 14 heavy (non-hydrogen) atoms. The third-order valence-electron chi connectivity index (χ3n) is 2.56. The van der Waals surface area contributed by atoms with Crippen molar-refractivity contribution in [1.82, 2.24) is 0 Å². The van der Waals surface area contributed by atoms with E-state index >= 15 is 0 Å². The molecule has 0 fully saturated rings. The summed E-state index contributed by atoms with van der Waals surface area (Å²) in [5.41, 5.74) is 5.95. The Bertz CT molecular complexity index is 248. The zero-order chi connectivity index (χ0) is 10.4. The summed E-state index contributed by atoms with van der Waals surface area (Å²) in [6.45, 7) is 4.89. The van der Waals surface area contributed by atoms with Gasteiger partial charge in [-0.15, -0.1) is 0 Å². The predicted octanol–water partition coefficient (Wildman–Crippen LogP) is 2.44. The molecule has 2 unspecified atom stereocenters. The van der Waals surface area contributed by atoms with Crippen molar-refractivity contribution < 1.29 is 4.74 Å². The number of nitrogens with two attached hydrogens (primary N) is 1. The van der Waals surface area contributed by atoms with Gasteiger partial charge in [0.15, 0.2) is 0 Å². The van der Waals surface area contributed by atoms with Crippen LogP contribution in [0.4, 0.5) is 0 Å². The first-order valence-electron chi connectivity index (χ1n) is 5.17. The highest BCUT2D eigenvalue weighted by Crippen LogP contribution is 2.11. The van der Waals surface area contributed by atoms with E-state index in [1.54, 1.807) is 0 Å². The van der Waals surface area contributed by atoms with Crippen molar-refractivity contribution >= 4 is 0 Å². The van der Waals surface area contributed by atoms with E-state index in [1.165, 1.54) is 0 Å². The number of hydrogen-bond acceptors (Lipinski definition) is 2. The molecule has 0 aromatic heterocycles. The zero-order valence-electron chi connectivity index (χ0n) is 8.94. The molecule has 0 saturated carbocycles. The molecule has 0 bridgehead atoms. The van der Waals surface area contributed by atoms with Gasteiger partial charge in [0.25, 0.3) is 0 Å². The molecule has 0 aliphatic carbocycles. The van der Waals surface area contributed by atoms with Crippen LogP contribution in [0.25, 0.3) is 0 Å². The Morgan fingerprint density at radius 2 is 1.93 bits per heavy atom. The van der Waals surface area contributed by atoms with Gasteiger partial charge in [-0.1, -0.05) is 38.5 Å². The van der Waals surface area contributed by atoms with Gasteiger partial charge >= 0.3 is 0 Å². The van der Waals surface area contributed by atoms with Gasteiger partial charge in [0, 0.05) is 6.04 Å². The van der Waals surface area contributed by atoms with E-state index in [0.29, 0.717) is 12.5 Å². The quantitative estimate of drug-likeness (QED) is 0.779. The van der Waals surface area contributed by atoms with Gasteiger partial charge in [0.1, 0.15) is 12.4 Å². The third-order valence-corrected chi connectivity index (χ3v) is 2.56. The monoisotopic (exact) mass is 193 g/mol. The largest absolute Gasteiger partial charge is 0.492 e. The van der Waals surface area contributed by atoms with E-state index in [-0.39, 0.29) is 6.04 Å². The lowest BCUT2D eigenvalue weighted by Crippen LogP contribution is -2.34. The zero-order valence-corrected chi connectivity index (χ0v) is 8.94. The van der Waals surface area contributed by atoms with Crippen LogP contribution < -0.4 is 10.5 Å². The summed E-state index contributed by atoms with van der Waals surface area (Å²) in [7, 11) is 0. The van der Waals surface area contributed by atoms with Crippen molar-refractivity contribution in [1.29, 1.82) is 0 Å². The van der Waals surface area contributed by atoms with Crippen LogP contribution in [0.2, 0.25) is 0 Å². The van der Waals surface area contributed by atoms with Gasteiger partial charge < -0.3 is 10.5 Å². The van der Waals surface area contributed by atoms with Crippen molar-refractivity contribution in [3.05, 3.63) is 30.3 Å². The molecular formula is C12H19NO. The summed E-state index contributed by atoms with van der Waals surface area (Å²) in [6, 6.07) is 9.92. The number of ether oxygens (including phenoxy) is 1. The van der Waals surface area contributed by atoms with Crippen LogP contribution >= 0.6 is 0 Å². The van der Waals surface area contributed by atoms with Gasteiger partial charge in [-0.25, -0.2) is 0 Å². The average Bonchev–Trinajstić information content (AvgIpc) is 2.26. The molecule has 0 saturated heterocycles. The average molecular weight is 193 g/mol. The lowest BCUT2D eigenvalue weighted by Gasteiger charge is -2.18. The van der Waals surface area contributed by atoms with E-state index in [1.807, 2.05) is 30.3 Å². The van der Waals surface area contributed by atoms with Crippen LogP contribution in [0.5, 0.6) is 5.75 Å². The van der Waals surface area contributed by atoms with E-state index < -0.39 is 0 Å². The van der Waals surface area contributed by atoms with Crippen molar-refractivity contribution in [3.63, 3.8) is 0 Å². The Morgan fingerprint density at radius 1 is 1.29 bits per heavy atom. The van der Waals surface area contributed by atoms with Crippen LogP contribution in [0.3, 0.4) is 0 Å². The number of para-hydroxylation sites is 1. The molecule has 0 radical (unpaired) electrons. The van der Waals surface area contributed by atoms with E-state index in [2.05, 4.69) is 13.8 Å². The lowest BCUT2D eigenvalue weighted by atomic mass is 10.0. The van der Waals surface area contributed by atoms with Gasteiger partial charge in [0.2, 0.25) is 0 Å². The molecular weight excluding hydrogens is 174 g/mol. The second-order valence-corrected chi connectivity index (χ2v) is 3.67. The Balaban J connectivity index is 2.34. The molecule has 1 rings (SSSR count). The number of hydrogen-bond donors (Lipinski definition) is 1. The first-order valence-corrected chi connectivity index (χ1v) is 5.17. The highest BCUT2D eigenvalue weighted by Gasteiger charge is 2.10. The molecule has 2 heteroatoms. The lowest BCUT2D eigenvalue weighted by molar-refractivity contribution is 0.250. The maximum Gasteiger partial charge on any atom is 0.119 e. The second kappa shape index (κ2) is 5.66. The molecule has 2 N–H and O–H groups in total. The SMILES string of the molecule is CCC(C)C(N)COc1ccccc1. The van der Waals surface area contributed by atoms with Crippen molar-refractivity contribution in [3.8, 4) is 5.75 Å². The third kappa shape index (κ3) is 3.38. The molecule has 78 valence electrons. The predicted molar refractivity (Wildman–Crippen MR) is 59.4 cm³/mol. The second-order valence-electron chi connectivity index (χ2n) is 3.67. The van der Waals surface area contributed by atoms with Crippen LogP contribution in [0.1, 0.15) is 20.3 Å². The number of benzene rings is 1. The Kier molecular flexibility index (Phi) is 4.47. The smallest absolute Gasteiger partial charge is 0.119 e. The molecule has 1 aromatic carbocycles. The molecule has 0 heterocycles. The maximum atomic E-state index is 5.95. The van der Waals surface area contributed by atoms with E-state index in [4.69, 9.17) is 10.5 Å². The van der Waals surface area contributed by atoms with Gasteiger partial charge in [0.05, 0.1) is 0 Å². The van der Waals surface area contributed by atoms with Crippen molar-refractivity contribution in [2.24, 2.45) is 11.7 Å². The minimum absolute atomic E-state index is 0.125. The molecule has 0 amide bonds. The van der Waals surface area contributed by atoms with Crippen LogP contribution in [0, 0.1) is 5.92 Å². The standard InChI is InChI=1S/C12H19NO/c1-3-10(2)12(13)9-14-11-7-5-4-6-8-11/h4-8,10,12H,3,9,13H2,1-2H3. The number of rotatable bonds is 5. The maximum absolute atomic E-state index is 5.95. The molecule has 0 aliphatic heterocycles. The highest BCUT2D eigenvalue weighted by atomic mass is 16.5. The molecule has 2 nitrogen and oxygen atoms in total. The summed E-state index contributed by atoms with van der Waals surface area (Å²) in [5.74, 6) is 1.41. The Labute approximate surface area is 86.1 Å². The van der Waals surface area contributed by atoms with Crippen LogP contribution in [-0.2, 0) is 0 Å². The topological polar surface area (TPSA) is 35.2 Å². The molecule has 2 atom stereocenters. The van der Waals surface area contributed by atoms with Crippen molar-refractivity contribution in [2.75, 3.05) is 6.61 Å². The first kappa shape index (κ1) is 11.1. The molecule has 1 aromatic rings. The fourth-order valence-corrected chi connectivity index (χ4v) is 1.18. The van der Waals surface area contributed by atoms with E-state index in [9.17, 15) is 0 Å². The Hall–Kier alpha value is -1.02. The van der Waals surface area contributed by atoms with Crippen molar-refractivity contribution in [2.45, 2.75) is 26.3 Å². The first-order chi connectivity index (χ1) is 6.74. The molecule has 0 spiro atoms. The van der Waals surface area contributed by atoms with Crippen LogP contribution in [0.15, 0.2) is 30.3 Å². The minimum atomic E-state index is 0.125. The fourth-order valence-electron chi connectivity index (χ4n) is 1.18. The summed E-state index contributed by atoms with van der Waals surface area (Å²) in [6.07, 6.45) is 1.10. The summed E-state index contributed by atoms with van der Waals surface area (Å²) in [4.78, 5) is 0. The normalized spacial score (nSPS) is 14.8. The van der Waals surface area contributed by atoms with E-state index in [0.717, 1.165) is 12.2 Å². The van der Waals surface area contributed by atoms with Gasteiger partial charge in [-0.3, -0.25) is 0 Å². The Morgan fingerprint density at radius 3 is 2.50 bits per heavy atom. The summed E-state index contributed by atoms with van der Waals surface area (Å²) < 4.78 is 5.57. The van der Waals surface area contributed by atoms with Gasteiger partial charge in [-0.05, 0) is 18.1 Å². The molecule has 0 aliphatic rings. The fraction of sp³-hybridized carbons (Fsp3) is 0.500. The van der Waals surface area contributed by atoms with Crippen LogP contribution in [-0.4, -0.2) is 12.6 Å². The minimum Gasteiger partial charge on any atom is -0.492 e. The summed E-state index contributed by atoms with van der Waals surface area (Å²) in [5, 5.41) is 0. The summed E-state index contributed by atoms with van der Waals surface area (Å²) >= 11 is 0.